The van der Waals surface area contributed by atoms with Gasteiger partial charge in [0.15, 0.2) is 0 Å². The topological polar surface area (TPSA) is 51.2 Å². The Kier molecular flexibility index (Phi) is 4.85. The first-order valence-electron chi connectivity index (χ1n) is 6.48. The largest absolute Gasteiger partial charge is 0.465 e. The summed E-state index contributed by atoms with van der Waals surface area (Å²) >= 11 is 0. The van der Waals surface area contributed by atoms with Crippen LogP contribution in [-0.2, 0) is 17.8 Å². The van der Waals surface area contributed by atoms with Crippen molar-refractivity contribution in [2.24, 2.45) is 0 Å². The highest BCUT2D eigenvalue weighted by molar-refractivity contribution is 5.89. The smallest absolute Gasteiger partial charge is 0.337 e. The molecule has 0 saturated carbocycles. The van der Waals surface area contributed by atoms with Crippen molar-refractivity contribution in [2.45, 2.75) is 20.0 Å². The summed E-state index contributed by atoms with van der Waals surface area (Å²) in [6.45, 7) is 3.60. The number of hydrogen-bond donors (Lipinski definition) is 1. The summed E-state index contributed by atoms with van der Waals surface area (Å²) in [5, 5.41) is 3.38. The molecule has 2 rings (SSSR count). The number of carbonyl (C=O) groups is 1. The summed E-state index contributed by atoms with van der Waals surface area (Å²) in [4.78, 5) is 15.4. The lowest BCUT2D eigenvalue weighted by atomic mass is 10.1. The van der Waals surface area contributed by atoms with Crippen molar-refractivity contribution < 1.29 is 9.53 Å². The van der Waals surface area contributed by atoms with Crippen LogP contribution in [0.2, 0.25) is 0 Å². The molecule has 2 aromatic rings. The van der Waals surface area contributed by atoms with Gasteiger partial charge in [0.05, 0.1) is 12.7 Å². The molecule has 0 radical (unpaired) electrons. The summed E-state index contributed by atoms with van der Waals surface area (Å²) in [5.41, 5.74) is 4.12. The van der Waals surface area contributed by atoms with Crippen molar-refractivity contribution in [3.8, 4) is 0 Å². The molecule has 0 saturated heterocycles. The van der Waals surface area contributed by atoms with Gasteiger partial charge in [-0.2, -0.15) is 0 Å². The van der Waals surface area contributed by atoms with Crippen LogP contribution in [0.3, 0.4) is 0 Å². The van der Waals surface area contributed by atoms with Gasteiger partial charge >= 0.3 is 5.97 Å². The molecule has 1 aromatic carbocycles. The van der Waals surface area contributed by atoms with Crippen LogP contribution in [0, 0.1) is 6.92 Å². The summed E-state index contributed by atoms with van der Waals surface area (Å²) in [5.74, 6) is -0.308. The number of esters is 1. The van der Waals surface area contributed by atoms with E-state index in [-0.39, 0.29) is 5.97 Å². The minimum absolute atomic E-state index is 0.308. The van der Waals surface area contributed by atoms with E-state index in [1.54, 1.807) is 18.3 Å². The number of pyridine rings is 1. The van der Waals surface area contributed by atoms with Crippen molar-refractivity contribution in [3.05, 3.63) is 65.0 Å². The summed E-state index contributed by atoms with van der Waals surface area (Å²) in [6.07, 6.45) is 3.66. The van der Waals surface area contributed by atoms with E-state index in [2.05, 4.69) is 22.0 Å². The quantitative estimate of drug-likeness (QED) is 0.848. The number of ether oxygens (including phenoxy) is 1. The number of carbonyl (C=O) groups excluding carboxylic acids is 1. The van der Waals surface area contributed by atoms with Crippen LogP contribution in [0.4, 0.5) is 0 Å². The normalized spacial score (nSPS) is 10.3. The number of aromatic nitrogens is 1. The molecule has 20 heavy (non-hydrogen) atoms. The number of methoxy groups -OCH3 is 1. The fraction of sp³-hybridized carbons (Fsp3) is 0.250. The number of nitrogens with zero attached hydrogens (tertiary/aromatic N) is 1. The van der Waals surface area contributed by atoms with Crippen molar-refractivity contribution in [3.63, 3.8) is 0 Å². The Morgan fingerprint density at radius 3 is 2.60 bits per heavy atom. The molecule has 0 aliphatic carbocycles. The van der Waals surface area contributed by atoms with Gasteiger partial charge in [-0.15, -0.1) is 0 Å². The Bertz CT molecular complexity index is 579. The Hall–Kier alpha value is -2.20. The van der Waals surface area contributed by atoms with Gasteiger partial charge in [-0.1, -0.05) is 12.1 Å². The third-order valence-electron chi connectivity index (χ3n) is 3.16. The molecule has 0 unspecified atom stereocenters. The van der Waals surface area contributed by atoms with Crippen LogP contribution in [0.5, 0.6) is 0 Å². The van der Waals surface area contributed by atoms with E-state index >= 15 is 0 Å². The van der Waals surface area contributed by atoms with Crippen LogP contribution in [-0.4, -0.2) is 18.1 Å². The first-order valence-corrected chi connectivity index (χ1v) is 6.48. The van der Waals surface area contributed by atoms with Gasteiger partial charge in [-0.25, -0.2) is 4.79 Å². The second-order valence-electron chi connectivity index (χ2n) is 4.59. The van der Waals surface area contributed by atoms with Crippen LogP contribution >= 0.6 is 0 Å². The lowest BCUT2D eigenvalue weighted by Crippen LogP contribution is -2.13. The third kappa shape index (κ3) is 3.65. The van der Waals surface area contributed by atoms with Crippen LogP contribution in [0.25, 0.3) is 0 Å². The Labute approximate surface area is 118 Å². The summed E-state index contributed by atoms with van der Waals surface area (Å²) < 4.78 is 4.67. The van der Waals surface area contributed by atoms with E-state index in [1.165, 1.54) is 18.2 Å². The Morgan fingerprint density at radius 2 is 1.95 bits per heavy atom. The Balaban J connectivity index is 1.88. The molecule has 104 valence electrons. The van der Waals surface area contributed by atoms with Gasteiger partial charge in [-0.05, 0) is 41.8 Å². The highest BCUT2D eigenvalue weighted by Gasteiger charge is 2.04. The number of hydrogen-bond acceptors (Lipinski definition) is 4. The van der Waals surface area contributed by atoms with E-state index in [9.17, 15) is 4.79 Å². The van der Waals surface area contributed by atoms with E-state index < -0.39 is 0 Å². The van der Waals surface area contributed by atoms with Crippen molar-refractivity contribution >= 4 is 5.97 Å². The molecule has 0 aliphatic rings. The second-order valence-corrected chi connectivity index (χ2v) is 4.59. The first-order chi connectivity index (χ1) is 9.70. The molecule has 0 amide bonds. The van der Waals surface area contributed by atoms with E-state index in [4.69, 9.17) is 0 Å². The molecule has 0 atom stereocenters. The number of nitrogens with one attached hydrogen (secondary N) is 1. The number of aryl methyl sites for hydroxylation is 1. The van der Waals surface area contributed by atoms with Crippen molar-refractivity contribution in [1.29, 1.82) is 0 Å². The first kappa shape index (κ1) is 14.2. The fourth-order valence-electron chi connectivity index (χ4n) is 1.92. The molecule has 4 nitrogen and oxygen atoms in total. The zero-order chi connectivity index (χ0) is 14.4. The third-order valence-corrected chi connectivity index (χ3v) is 3.16. The maximum atomic E-state index is 11.3. The molecule has 0 aliphatic heterocycles. The van der Waals surface area contributed by atoms with E-state index in [0.717, 1.165) is 18.7 Å². The van der Waals surface area contributed by atoms with Gasteiger partial charge in [0, 0.05) is 25.5 Å². The van der Waals surface area contributed by atoms with Gasteiger partial charge in [-0.3, -0.25) is 4.98 Å². The van der Waals surface area contributed by atoms with Crippen LogP contribution < -0.4 is 5.32 Å². The fourth-order valence-corrected chi connectivity index (χ4v) is 1.92. The zero-order valence-electron chi connectivity index (χ0n) is 11.7. The second kappa shape index (κ2) is 6.82. The van der Waals surface area contributed by atoms with E-state index in [1.807, 2.05) is 24.4 Å². The number of rotatable bonds is 5. The average molecular weight is 270 g/mol. The monoisotopic (exact) mass is 270 g/mol. The minimum atomic E-state index is -0.308. The SMILES string of the molecule is COC(=O)c1ccc(CNCc2ccncc2C)cc1. The molecular weight excluding hydrogens is 252 g/mol. The number of benzene rings is 1. The molecule has 1 heterocycles. The minimum Gasteiger partial charge on any atom is -0.465 e. The zero-order valence-corrected chi connectivity index (χ0v) is 11.7. The lowest BCUT2D eigenvalue weighted by molar-refractivity contribution is 0.0600. The highest BCUT2D eigenvalue weighted by Crippen LogP contribution is 2.07. The molecule has 0 fully saturated rings. The predicted molar refractivity (Wildman–Crippen MR) is 77.3 cm³/mol. The highest BCUT2D eigenvalue weighted by atomic mass is 16.5. The van der Waals surface area contributed by atoms with Gasteiger partial charge in [0.2, 0.25) is 0 Å². The van der Waals surface area contributed by atoms with Gasteiger partial charge < -0.3 is 10.1 Å². The molecule has 0 bridgehead atoms. The Morgan fingerprint density at radius 1 is 1.20 bits per heavy atom. The molecule has 4 heteroatoms. The molecule has 1 N–H and O–H groups in total. The summed E-state index contributed by atoms with van der Waals surface area (Å²) in [6, 6.07) is 9.43. The van der Waals surface area contributed by atoms with Gasteiger partial charge in [0.25, 0.3) is 0 Å². The standard InChI is InChI=1S/C16H18N2O2/c1-12-9-17-8-7-15(12)11-18-10-13-3-5-14(6-4-13)16(19)20-2/h3-9,18H,10-11H2,1-2H3. The van der Waals surface area contributed by atoms with Crippen LogP contribution in [0.1, 0.15) is 27.0 Å². The maximum Gasteiger partial charge on any atom is 0.337 e. The average Bonchev–Trinajstić information content (AvgIpc) is 2.49. The van der Waals surface area contributed by atoms with E-state index in [0.29, 0.717) is 5.56 Å². The lowest BCUT2D eigenvalue weighted by Gasteiger charge is -2.08. The van der Waals surface area contributed by atoms with Crippen molar-refractivity contribution in [2.75, 3.05) is 7.11 Å². The molecule has 0 spiro atoms. The maximum absolute atomic E-state index is 11.3. The van der Waals surface area contributed by atoms with Crippen molar-refractivity contribution in [1.82, 2.24) is 10.3 Å². The van der Waals surface area contributed by atoms with Gasteiger partial charge in [0.1, 0.15) is 0 Å². The molecule has 1 aromatic heterocycles. The molecular formula is C16H18N2O2. The van der Waals surface area contributed by atoms with Crippen LogP contribution in [0.15, 0.2) is 42.7 Å². The summed E-state index contributed by atoms with van der Waals surface area (Å²) in [7, 11) is 1.38. The predicted octanol–water partition coefficient (Wildman–Crippen LogP) is 2.47.